The van der Waals surface area contributed by atoms with Gasteiger partial charge in [-0.2, -0.15) is 11.8 Å². The molecule has 1 fully saturated rings. The van der Waals surface area contributed by atoms with Gasteiger partial charge in [0, 0.05) is 18.3 Å². The minimum Gasteiger partial charge on any atom is -0.387 e. The van der Waals surface area contributed by atoms with Crippen LogP contribution < -0.4 is 10.6 Å². The second kappa shape index (κ2) is 9.28. The van der Waals surface area contributed by atoms with Gasteiger partial charge in [-0.1, -0.05) is 19.1 Å². The Morgan fingerprint density at radius 2 is 2.25 bits per heavy atom. The number of hydrogen-bond acceptors (Lipinski definition) is 3. The van der Waals surface area contributed by atoms with Gasteiger partial charge in [0.15, 0.2) is 5.96 Å². The number of rotatable bonds is 8. The monoisotopic (exact) mass is 353 g/mol. The molecule has 0 saturated heterocycles. The molecule has 1 saturated carbocycles. The van der Waals surface area contributed by atoms with Crippen molar-refractivity contribution in [3.63, 3.8) is 0 Å². The summed E-state index contributed by atoms with van der Waals surface area (Å²) in [5.41, 5.74) is 0.279. The molecule has 0 aliphatic heterocycles. The lowest BCUT2D eigenvalue weighted by atomic mass is 9.79. The molecule has 0 spiro atoms. The highest BCUT2D eigenvalue weighted by Crippen LogP contribution is 2.41. The standard InChI is InChI=1S/C18H28FN3OS/c1-3-20-17(21-11-9-14-6-5-7-15(19)12-14)22-13-18(23)10-8-16(18)24-4-2/h5-7,12,16,23H,3-4,8-11,13H2,1-2H3,(H2,20,21,22). The van der Waals surface area contributed by atoms with E-state index in [1.807, 2.05) is 24.8 Å². The van der Waals surface area contributed by atoms with Crippen molar-refractivity contribution in [2.45, 2.75) is 44.0 Å². The van der Waals surface area contributed by atoms with E-state index in [0.717, 1.165) is 37.1 Å². The van der Waals surface area contributed by atoms with E-state index in [1.165, 1.54) is 6.07 Å². The fourth-order valence-corrected chi connectivity index (χ4v) is 3.98. The summed E-state index contributed by atoms with van der Waals surface area (Å²) in [6, 6.07) is 6.64. The minimum absolute atomic E-state index is 0.209. The maximum Gasteiger partial charge on any atom is 0.191 e. The Labute approximate surface area is 148 Å². The Morgan fingerprint density at radius 1 is 1.42 bits per heavy atom. The maximum atomic E-state index is 13.2. The van der Waals surface area contributed by atoms with Crippen molar-refractivity contribution in [1.82, 2.24) is 10.6 Å². The zero-order valence-corrected chi connectivity index (χ0v) is 15.3. The Balaban J connectivity index is 1.84. The fourth-order valence-electron chi connectivity index (χ4n) is 2.79. The Kier molecular flexibility index (Phi) is 7.37. The van der Waals surface area contributed by atoms with Crippen LogP contribution in [0.15, 0.2) is 29.3 Å². The summed E-state index contributed by atoms with van der Waals surface area (Å²) in [5.74, 6) is 1.51. The van der Waals surface area contributed by atoms with Crippen LogP contribution in [0.4, 0.5) is 4.39 Å². The minimum atomic E-state index is -0.675. The highest BCUT2D eigenvalue weighted by atomic mass is 32.2. The Hall–Kier alpha value is -1.27. The van der Waals surface area contributed by atoms with Crippen LogP contribution in [0.25, 0.3) is 0 Å². The first-order valence-electron chi connectivity index (χ1n) is 8.68. The number of thioether (sulfide) groups is 1. The molecule has 1 aromatic carbocycles. The number of guanidine groups is 1. The van der Waals surface area contributed by atoms with Gasteiger partial charge in [0.2, 0.25) is 0 Å². The summed E-state index contributed by atoms with van der Waals surface area (Å²) < 4.78 is 13.2. The molecule has 0 amide bonds. The summed E-state index contributed by atoms with van der Waals surface area (Å²) in [6.07, 6.45) is 2.60. The van der Waals surface area contributed by atoms with Crippen molar-refractivity contribution in [2.24, 2.45) is 4.99 Å². The van der Waals surface area contributed by atoms with Crippen LogP contribution in [0, 0.1) is 5.82 Å². The summed E-state index contributed by atoms with van der Waals surface area (Å²) in [5, 5.41) is 17.4. The number of benzene rings is 1. The molecule has 1 aliphatic rings. The van der Waals surface area contributed by atoms with Crippen molar-refractivity contribution >= 4 is 17.7 Å². The van der Waals surface area contributed by atoms with Crippen LogP contribution in [0.3, 0.4) is 0 Å². The van der Waals surface area contributed by atoms with Crippen molar-refractivity contribution in [3.8, 4) is 0 Å². The Morgan fingerprint density at radius 3 is 2.88 bits per heavy atom. The largest absolute Gasteiger partial charge is 0.387 e. The van der Waals surface area contributed by atoms with Gasteiger partial charge in [-0.3, -0.25) is 4.99 Å². The smallest absolute Gasteiger partial charge is 0.191 e. The van der Waals surface area contributed by atoms with Crippen LogP contribution in [-0.2, 0) is 6.42 Å². The molecule has 1 aromatic rings. The zero-order valence-electron chi connectivity index (χ0n) is 14.5. The van der Waals surface area contributed by atoms with Crippen LogP contribution in [-0.4, -0.2) is 47.3 Å². The lowest BCUT2D eigenvalue weighted by Crippen LogP contribution is -2.53. The molecule has 0 bridgehead atoms. The molecule has 0 aromatic heterocycles. The van der Waals surface area contributed by atoms with Gasteiger partial charge in [0.1, 0.15) is 5.82 Å². The van der Waals surface area contributed by atoms with E-state index in [9.17, 15) is 9.50 Å². The number of nitrogens with zero attached hydrogens (tertiary/aromatic N) is 1. The van der Waals surface area contributed by atoms with Crippen LogP contribution in [0.2, 0.25) is 0 Å². The first-order chi connectivity index (χ1) is 11.6. The molecule has 1 aliphatic carbocycles. The predicted octanol–water partition coefficient (Wildman–Crippen LogP) is 2.57. The molecular weight excluding hydrogens is 325 g/mol. The summed E-state index contributed by atoms with van der Waals surface area (Å²) >= 11 is 1.81. The van der Waals surface area contributed by atoms with E-state index >= 15 is 0 Å². The highest BCUT2D eigenvalue weighted by Gasteiger charge is 2.45. The average Bonchev–Trinajstić information content (AvgIpc) is 2.56. The van der Waals surface area contributed by atoms with E-state index in [1.54, 1.807) is 12.1 Å². The summed E-state index contributed by atoms with van der Waals surface area (Å²) in [6.45, 7) is 5.97. The van der Waals surface area contributed by atoms with Crippen molar-refractivity contribution in [2.75, 3.05) is 25.4 Å². The van der Waals surface area contributed by atoms with Crippen molar-refractivity contribution < 1.29 is 9.50 Å². The second-order valence-electron chi connectivity index (χ2n) is 6.09. The second-order valence-corrected chi connectivity index (χ2v) is 7.57. The van der Waals surface area contributed by atoms with Crippen molar-refractivity contribution in [1.29, 1.82) is 0 Å². The molecular formula is C18H28FN3OS. The van der Waals surface area contributed by atoms with Gasteiger partial charge in [-0.05, 0) is 49.6 Å². The van der Waals surface area contributed by atoms with Gasteiger partial charge in [0.25, 0.3) is 0 Å². The molecule has 2 atom stereocenters. The number of aliphatic imine (C=N–C) groups is 1. The van der Waals surface area contributed by atoms with Gasteiger partial charge >= 0.3 is 0 Å². The third-order valence-electron chi connectivity index (χ3n) is 4.26. The fraction of sp³-hybridized carbons (Fsp3) is 0.611. The number of aliphatic hydroxyl groups is 1. The van der Waals surface area contributed by atoms with E-state index in [4.69, 9.17) is 0 Å². The topological polar surface area (TPSA) is 56.7 Å². The van der Waals surface area contributed by atoms with E-state index < -0.39 is 5.60 Å². The van der Waals surface area contributed by atoms with Crippen LogP contribution >= 0.6 is 11.8 Å². The molecule has 24 heavy (non-hydrogen) atoms. The quantitative estimate of drug-likeness (QED) is 0.497. The molecule has 0 heterocycles. The molecule has 2 rings (SSSR count). The molecule has 0 radical (unpaired) electrons. The molecule has 3 N–H and O–H groups in total. The lowest BCUT2D eigenvalue weighted by Gasteiger charge is -2.44. The van der Waals surface area contributed by atoms with E-state index in [-0.39, 0.29) is 5.82 Å². The molecule has 6 heteroatoms. The van der Waals surface area contributed by atoms with Crippen molar-refractivity contribution in [3.05, 3.63) is 35.6 Å². The third-order valence-corrected chi connectivity index (χ3v) is 5.67. The first kappa shape index (κ1) is 19.1. The number of nitrogens with one attached hydrogen (secondary N) is 2. The van der Waals surface area contributed by atoms with E-state index in [2.05, 4.69) is 22.5 Å². The maximum absolute atomic E-state index is 13.2. The third kappa shape index (κ3) is 5.38. The van der Waals surface area contributed by atoms with Gasteiger partial charge < -0.3 is 15.7 Å². The van der Waals surface area contributed by atoms with E-state index in [0.29, 0.717) is 24.3 Å². The average molecular weight is 354 g/mol. The predicted molar refractivity (Wildman–Crippen MR) is 100 cm³/mol. The van der Waals surface area contributed by atoms with Gasteiger partial charge in [-0.25, -0.2) is 4.39 Å². The SMILES string of the molecule is CCNC(=NCC1(O)CCC1SCC)NCCc1cccc(F)c1. The molecule has 134 valence electrons. The molecule has 4 nitrogen and oxygen atoms in total. The highest BCUT2D eigenvalue weighted by molar-refractivity contribution is 8.00. The summed E-state index contributed by atoms with van der Waals surface area (Å²) in [7, 11) is 0. The first-order valence-corrected chi connectivity index (χ1v) is 9.73. The van der Waals surface area contributed by atoms with Gasteiger partial charge in [0.05, 0.1) is 12.1 Å². The molecule has 2 unspecified atom stereocenters. The normalized spacial score (nSPS) is 23.7. The lowest BCUT2D eigenvalue weighted by molar-refractivity contribution is -0.0154. The van der Waals surface area contributed by atoms with Crippen LogP contribution in [0.5, 0.6) is 0 Å². The van der Waals surface area contributed by atoms with Gasteiger partial charge in [-0.15, -0.1) is 0 Å². The van der Waals surface area contributed by atoms with Crippen LogP contribution in [0.1, 0.15) is 32.3 Å². The number of hydrogen-bond donors (Lipinski definition) is 3. The number of halogens is 1. The zero-order chi connectivity index (χ0) is 17.4. The Bertz CT molecular complexity index is 555. The summed E-state index contributed by atoms with van der Waals surface area (Å²) in [4.78, 5) is 4.55.